The Balaban J connectivity index is 0.00000225. The van der Waals surface area contributed by atoms with Gasteiger partial charge in [0, 0.05) is 44.2 Å². The van der Waals surface area contributed by atoms with Gasteiger partial charge in [0.25, 0.3) is 0 Å². The molecule has 1 aliphatic heterocycles. The summed E-state index contributed by atoms with van der Waals surface area (Å²) in [7, 11) is 1.85. The van der Waals surface area contributed by atoms with E-state index in [4.69, 9.17) is 0 Å². The number of hydrogen-bond donors (Lipinski definition) is 3. The fraction of sp³-hybridized carbons (Fsp3) is 0.947. The molecule has 2 aliphatic carbocycles. The lowest BCUT2D eigenvalue weighted by atomic mass is 9.73. The molecule has 0 spiro atoms. The van der Waals surface area contributed by atoms with Gasteiger partial charge in [-0.05, 0) is 32.1 Å². The van der Waals surface area contributed by atoms with Crippen molar-refractivity contribution < 1.29 is 5.11 Å². The van der Waals surface area contributed by atoms with Crippen LogP contribution in [0.15, 0.2) is 4.99 Å². The Morgan fingerprint density at radius 3 is 2.56 bits per heavy atom. The predicted molar refractivity (Wildman–Crippen MR) is 115 cm³/mol. The second-order valence-electron chi connectivity index (χ2n) is 8.40. The summed E-state index contributed by atoms with van der Waals surface area (Å²) in [6, 6.07) is 1.32. The van der Waals surface area contributed by atoms with E-state index in [9.17, 15) is 5.11 Å². The van der Waals surface area contributed by atoms with Crippen LogP contribution in [0.4, 0.5) is 0 Å². The Bertz CT molecular complexity index is 441. The Morgan fingerprint density at radius 1 is 1.16 bits per heavy atom. The van der Waals surface area contributed by atoms with E-state index in [1.54, 1.807) is 0 Å². The molecule has 3 atom stereocenters. The Kier molecular flexibility index (Phi) is 8.27. The van der Waals surface area contributed by atoms with Crippen molar-refractivity contribution in [3.05, 3.63) is 0 Å². The Labute approximate surface area is 170 Å². The molecule has 0 bridgehead atoms. The minimum absolute atomic E-state index is 0. The fourth-order valence-electron chi connectivity index (χ4n) is 4.77. The van der Waals surface area contributed by atoms with E-state index in [0.717, 1.165) is 44.4 Å². The van der Waals surface area contributed by atoms with Gasteiger partial charge in [0.15, 0.2) is 5.96 Å². The maximum atomic E-state index is 10.3. The van der Waals surface area contributed by atoms with Gasteiger partial charge in [-0.15, -0.1) is 24.0 Å². The van der Waals surface area contributed by atoms with Crippen molar-refractivity contribution in [3.8, 4) is 0 Å². The minimum Gasteiger partial charge on any atom is -0.392 e. The number of rotatable bonds is 4. The summed E-state index contributed by atoms with van der Waals surface area (Å²) in [6.07, 6.45) is 11.0. The number of guanidine groups is 1. The van der Waals surface area contributed by atoms with E-state index in [1.807, 2.05) is 7.05 Å². The Morgan fingerprint density at radius 2 is 1.88 bits per heavy atom. The van der Waals surface area contributed by atoms with Crippen LogP contribution in [0.1, 0.15) is 64.7 Å². The SMILES string of the molecule is CN=C(NCC1(C)CCCCC1O)NC1CCN(C2CCCC2)C1.I. The first kappa shape index (κ1) is 21.2. The van der Waals surface area contributed by atoms with Gasteiger partial charge in [0.1, 0.15) is 0 Å². The summed E-state index contributed by atoms with van der Waals surface area (Å²) in [5.74, 6) is 0.896. The van der Waals surface area contributed by atoms with Gasteiger partial charge in [0.2, 0.25) is 0 Å². The number of nitrogens with one attached hydrogen (secondary N) is 2. The molecule has 6 heteroatoms. The van der Waals surface area contributed by atoms with Crippen molar-refractivity contribution in [2.75, 3.05) is 26.7 Å². The topological polar surface area (TPSA) is 59.9 Å². The van der Waals surface area contributed by atoms with Gasteiger partial charge >= 0.3 is 0 Å². The van der Waals surface area contributed by atoms with Gasteiger partial charge in [-0.3, -0.25) is 9.89 Å². The highest BCUT2D eigenvalue weighted by Crippen LogP contribution is 2.35. The molecule has 146 valence electrons. The van der Waals surface area contributed by atoms with Gasteiger partial charge in [-0.25, -0.2) is 0 Å². The van der Waals surface area contributed by atoms with Crippen molar-refractivity contribution in [2.24, 2.45) is 10.4 Å². The molecule has 0 aromatic carbocycles. The lowest BCUT2D eigenvalue weighted by molar-refractivity contribution is 0.00395. The smallest absolute Gasteiger partial charge is 0.191 e. The van der Waals surface area contributed by atoms with Crippen molar-refractivity contribution in [2.45, 2.75) is 82.9 Å². The molecule has 0 amide bonds. The van der Waals surface area contributed by atoms with Gasteiger partial charge in [-0.2, -0.15) is 0 Å². The number of likely N-dealkylation sites (tertiary alicyclic amines) is 1. The van der Waals surface area contributed by atoms with E-state index < -0.39 is 0 Å². The second-order valence-corrected chi connectivity index (χ2v) is 8.40. The lowest BCUT2D eigenvalue weighted by Crippen LogP contribution is -2.50. The van der Waals surface area contributed by atoms with E-state index in [1.165, 1.54) is 45.1 Å². The molecule has 1 saturated heterocycles. The number of aliphatic imine (C=N–C) groups is 1. The number of halogens is 1. The van der Waals surface area contributed by atoms with Crippen LogP contribution >= 0.6 is 24.0 Å². The molecule has 5 nitrogen and oxygen atoms in total. The second kappa shape index (κ2) is 9.74. The molecule has 3 fully saturated rings. The maximum Gasteiger partial charge on any atom is 0.191 e. The van der Waals surface area contributed by atoms with Crippen LogP contribution in [0.3, 0.4) is 0 Å². The molecule has 3 N–H and O–H groups in total. The Hall–Kier alpha value is -0.0800. The fourth-order valence-corrected chi connectivity index (χ4v) is 4.77. The van der Waals surface area contributed by atoms with Crippen molar-refractivity contribution >= 4 is 29.9 Å². The average Bonchev–Trinajstić information content (AvgIpc) is 3.25. The number of aliphatic hydroxyl groups excluding tert-OH is 1. The third-order valence-corrected chi connectivity index (χ3v) is 6.56. The summed E-state index contributed by atoms with van der Waals surface area (Å²) in [6.45, 7) is 5.36. The number of aliphatic hydroxyl groups is 1. The molecule has 3 rings (SSSR count). The highest BCUT2D eigenvalue weighted by Gasteiger charge is 2.36. The molecule has 0 aromatic rings. The van der Waals surface area contributed by atoms with Crippen LogP contribution in [-0.4, -0.2) is 60.8 Å². The molecule has 3 aliphatic rings. The van der Waals surface area contributed by atoms with Crippen LogP contribution in [0.5, 0.6) is 0 Å². The molecular formula is C19H37IN4O. The molecule has 1 heterocycles. The number of hydrogen-bond acceptors (Lipinski definition) is 3. The van der Waals surface area contributed by atoms with Gasteiger partial charge in [-0.1, -0.05) is 32.6 Å². The van der Waals surface area contributed by atoms with E-state index >= 15 is 0 Å². The third kappa shape index (κ3) is 5.45. The molecular weight excluding hydrogens is 427 g/mol. The van der Waals surface area contributed by atoms with Gasteiger partial charge in [0.05, 0.1) is 6.10 Å². The minimum atomic E-state index is -0.193. The zero-order valence-corrected chi connectivity index (χ0v) is 18.3. The molecule has 2 saturated carbocycles. The van der Waals surface area contributed by atoms with E-state index in [0.29, 0.717) is 6.04 Å². The average molecular weight is 464 g/mol. The first-order chi connectivity index (χ1) is 11.6. The zero-order valence-electron chi connectivity index (χ0n) is 16.0. The van der Waals surface area contributed by atoms with Crippen molar-refractivity contribution in [3.63, 3.8) is 0 Å². The number of nitrogens with zero attached hydrogens (tertiary/aromatic N) is 2. The maximum absolute atomic E-state index is 10.3. The summed E-state index contributed by atoms with van der Waals surface area (Å²) in [5, 5.41) is 17.4. The monoisotopic (exact) mass is 464 g/mol. The highest BCUT2D eigenvalue weighted by molar-refractivity contribution is 14.0. The summed E-state index contributed by atoms with van der Waals surface area (Å²) in [5.41, 5.74) is -0.0264. The van der Waals surface area contributed by atoms with Crippen molar-refractivity contribution in [1.82, 2.24) is 15.5 Å². The summed E-state index contributed by atoms with van der Waals surface area (Å²) < 4.78 is 0. The molecule has 3 unspecified atom stereocenters. The molecule has 25 heavy (non-hydrogen) atoms. The van der Waals surface area contributed by atoms with E-state index in [-0.39, 0.29) is 35.5 Å². The zero-order chi connectivity index (χ0) is 17.0. The molecule has 0 radical (unpaired) electrons. The quantitative estimate of drug-likeness (QED) is 0.340. The van der Waals surface area contributed by atoms with Crippen LogP contribution in [0.25, 0.3) is 0 Å². The van der Waals surface area contributed by atoms with Crippen LogP contribution in [0.2, 0.25) is 0 Å². The van der Waals surface area contributed by atoms with Crippen molar-refractivity contribution in [1.29, 1.82) is 0 Å². The third-order valence-electron chi connectivity index (χ3n) is 6.56. The van der Waals surface area contributed by atoms with Crippen LogP contribution < -0.4 is 10.6 Å². The first-order valence-corrected chi connectivity index (χ1v) is 10.00. The lowest BCUT2D eigenvalue weighted by Gasteiger charge is -2.39. The van der Waals surface area contributed by atoms with Crippen LogP contribution in [-0.2, 0) is 0 Å². The van der Waals surface area contributed by atoms with E-state index in [2.05, 4.69) is 27.4 Å². The summed E-state index contributed by atoms with van der Waals surface area (Å²) >= 11 is 0. The van der Waals surface area contributed by atoms with Gasteiger partial charge < -0.3 is 15.7 Å². The summed E-state index contributed by atoms with van der Waals surface area (Å²) in [4.78, 5) is 7.08. The standard InChI is InChI=1S/C19H36N4O.HI/c1-19(11-6-5-9-17(19)24)14-21-18(20-2)22-15-10-12-23(13-15)16-7-3-4-8-16;/h15-17,24H,3-14H2,1-2H3,(H2,20,21,22);1H. The predicted octanol–water partition coefficient (Wildman–Crippen LogP) is 2.73. The van der Waals surface area contributed by atoms with Crippen LogP contribution in [0, 0.1) is 5.41 Å². The largest absolute Gasteiger partial charge is 0.392 e. The molecule has 0 aromatic heterocycles. The highest BCUT2D eigenvalue weighted by atomic mass is 127. The first-order valence-electron chi connectivity index (χ1n) is 10.00. The normalized spacial score (nSPS) is 34.8.